The van der Waals surface area contributed by atoms with Crippen LogP contribution in [0.25, 0.3) is 16.7 Å². The molecular weight excluding hydrogens is 340 g/mol. The fourth-order valence-electron chi connectivity index (χ4n) is 2.97. The van der Waals surface area contributed by atoms with Crippen LogP contribution in [0.1, 0.15) is 5.56 Å². The highest BCUT2D eigenvalue weighted by Gasteiger charge is 2.11. The highest BCUT2D eigenvalue weighted by molar-refractivity contribution is 5.88. The molecule has 0 radical (unpaired) electrons. The van der Waals surface area contributed by atoms with Crippen LogP contribution in [0.2, 0.25) is 0 Å². The van der Waals surface area contributed by atoms with E-state index in [-0.39, 0.29) is 0 Å². The average Bonchev–Trinajstić information content (AvgIpc) is 3.23. The van der Waals surface area contributed by atoms with E-state index in [0.717, 1.165) is 39.5 Å². The van der Waals surface area contributed by atoms with Gasteiger partial charge in [0.25, 0.3) is 0 Å². The van der Waals surface area contributed by atoms with Crippen LogP contribution in [0.3, 0.4) is 0 Å². The van der Waals surface area contributed by atoms with E-state index in [1.165, 1.54) is 0 Å². The van der Waals surface area contributed by atoms with Crippen LogP contribution in [0, 0.1) is 6.92 Å². The Kier molecular flexibility index (Phi) is 4.38. The minimum Gasteiger partial charge on any atom is -0.497 e. The first-order valence-electron chi connectivity index (χ1n) is 8.59. The number of anilines is 2. The van der Waals surface area contributed by atoms with E-state index in [1.807, 2.05) is 72.4 Å². The minimum atomic E-state index is 0.505. The predicted molar refractivity (Wildman–Crippen MR) is 106 cm³/mol. The van der Waals surface area contributed by atoms with E-state index >= 15 is 0 Å². The van der Waals surface area contributed by atoms with E-state index in [4.69, 9.17) is 14.5 Å². The fraction of sp³-hybridized carbons (Fsp3) is 0.143. The number of nitrogens with zero attached hydrogens (tertiary/aromatic N) is 3. The van der Waals surface area contributed by atoms with Crippen molar-refractivity contribution in [3.63, 3.8) is 0 Å². The Morgan fingerprint density at radius 2 is 1.74 bits per heavy atom. The van der Waals surface area contributed by atoms with Crippen LogP contribution in [0.5, 0.6) is 11.5 Å². The SMILES string of the molecule is COc1ccc2c(-n3cccc3)nc(Nc3ccc(C)c(OC)c3)nc2c1. The molecule has 0 amide bonds. The third-order valence-electron chi connectivity index (χ3n) is 4.40. The molecule has 4 rings (SSSR count). The molecule has 0 atom stereocenters. The maximum atomic E-state index is 5.41. The predicted octanol–water partition coefficient (Wildman–Crippen LogP) is 4.49. The Morgan fingerprint density at radius 1 is 0.926 bits per heavy atom. The lowest BCUT2D eigenvalue weighted by Gasteiger charge is -2.13. The molecule has 1 N–H and O–H groups in total. The monoisotopic (exact) mass is 360 g/mol. The number of aromatic nitrogens is 3. The zero-order chi connectivity index (χ0) is 18.8. The van der Waals surface area contributed by atoms with Gasteiger partial charge in [-0.05, 0) is 42.8 Å². The van der Waals surface area contributed by atoms with Gasteiger partial charge in [0.05, 0.1) is 19.7 Å². The molecule has 6 heteroatoms. The van der Waals surface area contributed by atoms with Crippen molar-refractivity contribution < 1.29 is 9.47 Å². The van der Waals surface area contributed by atoms with Gasteiger partial charge in [-0.25, -0.2) is 4.98 Å². The van der Waals surface area contributed by atoms with Crippen LogP contribution in [-0.4, -0.2) is 28.8 Å². The van der Waals surface area contributed by atoms with Gasteiger partial charge in [0.2, 0.25) is 5.95 Å². The van der Waals surface area contributed by atoms with Crippen LogP contribution >= 0.6 is 0 Å². The highest BCUT2D eigenvalue weighted by atomic mass is 16.5. The molecule has 2 aromatic carbocycles. The molecule has 0 saturated carbocycles. The van der Waals surface area contributed by atoms with Gasteiger partial charge < -0.3 is 19.4 Å². The fourth-order valence-corrected chi connectivity index (χ4v) is 2.97. The molecule has 2 heterocycles. The summed E-state index contributed by atoms with van der Waals surface area (Å²) in [6.45, 7) is 2.01. The van der Waals surface area contributed by atoms with Crippen molar-refractivity contribution in [1.29, 1.82) is 0 Å². The molecule has 6 nitrogen and oxygen atoms in total. The largest absolute Gasteiger partial charge is 0.497 e. The molecule has 0 fully saturated rings. The van der Waals surface area contributed by atoms with E-state index in [1.54, 1.807) is 14.2 Å². The van der Waals surface area contributed by atoms with Crippen LogP contribution < -0.4 is 14.8 Å². The minimum absolute atomic E-state index is 0.505. The summed E-state index contributed by atoms with van der Waals surface area (Å²) < 4.78 is 12.7. The average molecular weight is 360 g/mol. The third-order valence-corrected chi connectivity index (χ3v) is 4.40. The summed E-state index contributed by atoms with van der Waals surface area (Å²) in [6.07, 6.45) is 3.93. The number of benzene rings is 2. The number of methoxy groups -OCH3 is 2. The van der Waals surface area contributed by atoms with Gasteiger partial charge in [-0.3, -0.25) is 0 Å². The summed E-state index contributed by atoms with van der Waals surface area (Å²) in [5, 5.41) is 4.22. The first-order chi connectivity index (χ1) is 13.2. The van der Waals surface area contributed by atoms with Gasteiger partial charge in [0, 0.05) is 35.6 Å². The number of fused-ring (bicyclic) bond motifs is 1. The van der Waals surface area contributed by atoms with Gasteiger partial charge in [-0.15, -0.1) is 0 Å². The Morgan fingerprint density at radius 3 is 2.48 bits per heavy atom. The van der Waals surface area contributed by atoms with E-state index in [0.29, 0.717) is 5.95 Å². The topological polar surface area (TPSA) is 61.2 Å². The van der Waals surface area contributed by atoms with Gasteiger partial charge >= 0.3 is 0 Å². The van der Waals surface area contributed by atoms with Crippen molar-refractivity contribution in [2.45, 2.75) is 6.92 Å². The zero-order valence-electron chi connectivity index (χ0n) is 15.4. The first-order valence-corrected chi connectivity index (χ1v) is 8.59. The Hall–Kier alpha value is -3.54. The molecule has 0 saturated heterocycles. The molecule has 0 aliphatic carbocycles. The van der Waals surface area contributed by atoms with Crippen molar-refractivity contribution in [1.82, 2.24) is 14.5 Å². The van der Waals surface area contributed by atoms with Crippen molar-refractivity contribution in [2.75, 3.05) is 19.5 Å². The van der Waals surface area contributed by atoms with Crippen LogP contribution in [0.4, 0.5) is 11.6 Å². The summed E-state index contributed by atoms with van der Waals surface area (Å²) in [5.41, 5.74) is 2.73. The number of ether oxygens (including phenoxy) is 2. The smallest absolute Gasteiger partial charge is 0.229 e. The van der Waals surface area contributed by atoms with Crippen LogP contribution in [-0.2, 0) is 0 Å². The first kappa shape index (κ1) is 16.9. The van der Waals surface area contributed by atoms with Gasteiger partial charge in [0.1, 0.15) is 17.3 Å². The lowest BCUT2D eigenvalue weighted by atomic mass is 10.2. The number of nitrogens with one attached hydrogen (secondary N) is 1. The standard InChI is InChI=1S/C21H20N4O2/c1-14-6-7-15(12-19(14)27-3)22-21-23-18-13-16(26-2)8-9-17(18)20(24-21)25-10-4-5-11-25/h4-13H,1-3H3,(H,22,23,24). The second-order valence-corrected chi connectivity index (χ2v) is 6.15. The molecule has 0 aliphatic heterocycles. The lowest BCUT2D eigenvalue weighted by molar-refractivity contribution is 0.412. The molecule has 136 valence electrons. The molecule has 0 spiro atoms. The molecule has 4 aromatic rings. The molecule has 0 unspecified atom stereocenters. The van der Waals surface area contributed by atoms with Crippen LogP contribution in [0.15, 0.2) is 60.9 Å². The van der Waals surface area contributed by atoms with E-state index in [2.05, 4.69) is 10.3 Å². The number of hydrogen-bond acceptors (Lipinski definition) is 5. The van der Waals surface area contributed by atoms with Crippen molar-refractivity contribution in [3.8, 4) is 17.3 Å². The molecular formula is C21H20N4O2. The second-order valence-electron chi connectivity index (χ2n) is 6.15. The van der Waals surface area contributed by atoms with Crippen molar-refractivity contribution >= 4 is 22.5 Å². The highest BCUT2D eigenvalue weighted by Crippen LogP contribution is 2.28. The van der Waals surface area contributed by atoms with Gasteiger partial charge in [0.15, 0.2) is 0 Å². The summed E-state index contributed by atoms with van der Waals surface area (Å²) in [6, 6.07) is 15.6. The van der Waals surface area contributed by atoms with Gasteiger partial charge in [-0.1, -0.05) is 6.07 Å². The van der Waals surface area contributed by atoms with Gasteiger partial charge in [-0.2, -0.15) is 4.98 Å². The maximum Gasteiger partial charge on any atom is 0.229 e. The molecule has 0 bridgehead atoms. The van der Waals surface area contributed by atoms with Crippen molar-refractivity contribution in [3.05, 3.63) is 66.5 Å². The number of aryl methyl sites for hydroxylation is 1. The van der Waals surface area contributed by atoms with E-state index < -0.39 is 0 Å². The second kappa shape index (κ2) is 6.99. The zero-order valence-corrected chi connectivity index (χ0v) is 15.4. The third kappa shape index (κ3) is 3.29. The van der Waals surface area contributed by atoms with Crippen molar-refractivity contribution in [2.24, 2.45) is 0 Å². The Labute approximate surface area is 157 Å². The molecule has 2 aromatic heterocycles. The number of hydrogen-bond donors (Lipinski definition) is 1. The summed E-state index contributed by atoms with van der Waals surface area (Å²) in [7, 11) is 3.31. The Bertz CT molecular complexity index is 1090. The maximum absolute atomic E-state index is 5.41. The molecule has 27 heavy (non-hydrogen) atoms. The normalized spacial score (nSPS) is 10.8. The lowest BCUT2D eigenvalue weighted by Crippen LogP contribution is -2.04. The summed E-state index contributed by atoms with van der Waals surface area (Å²) in [5.74, 6) is 2.87. The molecule has 0 aliphatic rings. The summed E-state index contributed by atoms with van der Waals surface area (Å²) >= 11 is 0. The summed E-state index contributed by atoms with van der Waals surface area (Å²) in [4.78, 5) is 9.40. The quantitative estimate of drug-likeness (QED) is 0.568. The number of rotatable bonds is 5. The Balaban J connectivity index is 1.83. The van der Waals surface area contributed by atoms with E-state index in [9.17, 15) is 0 Å².